The smallest absolute Gasteiger partial charge is 0.410 e. The van der Waals surface area contributed by atoms with Crippen LogP contribution >= 0.6 is 11.3 Å². The highest BCUT2D eigenvalue weighted by Gasteiger charge is 2.29. The molecule has 21 heavy (non-hydrogen) atoms. The minimum Gasteiger partial charge on any atom is -0.444 e. The van der Waals surface area contributed by atoms with Gasteiger partial charge in [-0.25, -0.2) is 4.79 Å². The predicted molar refractivity (Wildman–Crippen MR) is 82.6 cm³/mol. The van der Waals surface area contributed by atoms with Crippen molar-refractivity contribution < 1.29 is 14.3 Å². The van der Waals surface area contributed by atoms with Crippen molar-refractivity contribution in [3.05, 3.63) is 22.4 Å². The van der Waals surface area contributed by atoms with E-state index < -0.39 is 5.60 Å². The van der Waals surface area contributed by atoms with Gasteiger partial charge in [0.2, 0.25) is 0 Å². The first-order valence-electron chi connectivity index (χ1n) is 7.15. The standard InChI is InChI=1S/C15H22N2O3S/c1-15(2,3)20-14(19)17-7-6-11(10-17)9-16-13(18)12-5-4-8-21-12/h4-5,8,11H,6-7,9-10H2,1-3H3,(H,16,18). The molecule has 2 amide bonds. The first-order valence-corrected chi connectivity index (χ1v) is 8.03. The van der Waals surface area contributed by atoms with Crippen LogP contribution in [0.25, 0.3) is 0 Å². The molecule has 1 aromatic rings. The fraction of sp³-hybridized carbons (Fsp3) is 0.600. The van der Waals surface area contributed by atoms with Gasteiger partial charge in [0, 0.05) is 19.6 Å². The summed E-state index contributed by atoms with van der Waals surface area (Å²) in [5.41, 5.74) is -0.470. The van der Waals surface area contributed by atoms with E-state index in [1.54, 1.807) is 4.90 Å². The Labute approximate surface area is 129 Å². The van der Waals surface area contributed by atoms with Crippen LogP contribution in [0.1, 0.15) is 36.9 Å². The Kier molecular flexibility index (Phi) is 4.88. The molecule has 5 nitrogen and oxygen atoms in total. The monoisotopic (exact) mass is 310 g/mol. The molecule has 0 aromatic carbocycles. The number of rotatable bonds is 3. The van der Waals surface area contributed by atoms with E-state index in [1.807, 2.05) is 38.3 Å². The van der Waals surface area contributed by atoms with Gasteiger partial charge in [-0.3, -0.25) is 4.79 Å². The highest BCUT2D eigenvalue weighted by atomic mass is 32.1. The number of carbonyl (C=O) groups is 2. The van der Waals surface area contributed by atoms with Gasteiger partial charge in [-0.1, -0.05) is 6.07 Å². The molecule has 1 saturated heterocycles. The molecule has 1 aliphatic heterocycles. The highest BCUT2D eigenvalue weighted by molar-refractivity contribution is 7.12. The first-order chi connectivity index (χ1) is 9.85. The van der Waals surface area contributed by atoms with Gasteiger partial charge in [-0.05, 0) is 44.6 Å². The molecule has 0 bridgehead atoms. The Morgan fingerprint density at radius 1 is 1.48 bits per heavy atom. The number of amides is 2. The molecule has 0 radical (unpaired) electrons. The number of ether oxygens (including phenoxy) is 1. The van der Waals surface area contributed by atoms with Crippen molar-refractivity contribution >= 4 is 23.3 Å². The van der Waals surface area contributed by atoms with Gasteiger partial charge < -0.3 is 15.0 Å². The Morgan fingerprint density at radius 3 is 2.86 bits per heavy atom. The Hall–Kier alpha value is -1.56. The number of nitrogens with zero attached hydrogens (tertiary/aromatic N) is 1. The molecule has 1 atom stereocenters. The molecule has 1 aromatic heterocycles. The zero-order valence-corrected chi connectivity index (χ0v) is 13.5. The van der Waals surface area contributed by atoms with Crippen molar-refractivity contribution in [2.45, 2.75) is 32.8 Å². The van der Waals surface area contributed by atoms with Crippen molar-refractivity contribution in [3.8, 4) is 0 Å². The molecule has 0 aliphatic carbocycles. The van der Waals surface area contributed by atoms with Gasteiger partial charge in [0.15, 0.2) is 0 Å². The van der Waals surface area contributed by atoms with Gasteiger partial charge in [0.1, 0.15) is 5.60 Å². The van der Waals surface area contributed by atoms with Crippen molar-refractivity contribution in [2.75, 3.05) is 19.6 Å². The van der Waals surface area contributed by atoms with Gasteiger partial charge in [-0.2, -0.15) is 0 Å². The second-order valence-corrected chi connectivity index (χ2v) is 7.22. The van der Waals surface area contributed by atoms with Crippen LogP contribution in [0.15, 0.2) is 17.5 Å². The summed E-state index contributed by atoms with van der Waals surface area (Å²) >= 11 is 1.43. The van der Waals surface area contributed by atoms with Crippen molar-refractivity contribution in [1.29, 1.82) is 0 Å². The van der Waals surface area contributed by atoms with E-state index in [0.29, 0.717) is 25.6 Å². The van der Waals surface area contributed by atoms with E-state index in [-0.39, 0.29) is 12.0 Å². The largest absolute Gasteiger partial charge is 0.444 e. The summed E-state index contributed by atoms with van der Waals surface area (Å²) in [6.45, 7) is 7.50. The van der Waals surface area contributed by atoms with Gasteiger partial charge in [0.25, 0.3) is 5.91 Å². The molecule has 6 heteroatoms. The lowest BCUT2D eigenvalue weighted by Gasteiger charge is -2.24. The molecule has 1 N–H and O–H groups in total. The minimum atomic E-state index is -0.470. The van der Waals surface area contributed by atoms with Gasteiger partial charge in [-0.15, -0.1) is 11.3 Å². The Balaban J connectivity index is 1.75. The van der Waals surface area contributed by atoms with E-state index in [1.165, 1.54) is 11.3 Å². The third-order valence-corrected chi connectivity index (χ3v) is 4.10. The second-order valence-electron chi connectivity index (χ2n) is 6.27. The van der Waals surface area contributed by atoms with Crippen LogP contribution in [0.5, 0.6) is 0 Å². The number of carbonyl (C=O) groups excluding carboxylic acids is 2. The summed E-state index contributed by atoms with van der Waals surface area (Å²) in [6, 6.07) is 3.67. The van der Waals surface area contributed by atoms with Crippen LogP contribution in [0.4, 0.5) is 4.79 Å². The van der Waals surface area contributed by atoms with Crippen LogP contribution in [-0.2, 0) is 4.74 Å². The van der Waals surface area contributed by atoms with Gasteiger partial charge >= 0.3 is 6.09 Å². The number of hydrogen-bond acceptors (Lipinski definition) is 4. The van der Waals surface area contributed by atoms with Crippen LogP contribution < -0.4 is 5.32 Å². The third kappa shape index (κ3) is 4.74. The summed E-state index contributed by atoms with van der Waals surface area (Å²) in [5, 5.41) is 4.81. The third-order valence-electron chi connectivity index (χ3n) is 3.23. The molecule has 1 aliphatic rings. The topological polar surface area (TPSA) is 58.6 Å². The van der Waals surface area contributed by atoms with Crippen molar-refractivity contribution in [2.24, 2.45) is 5.92 Å². The average molecular weight is 310 g/mol. The first kappa shape index (κ1) is 15.8. The average Bonchev–Trinajstić information content (AvgIpc) is 3.05. The maximum Gasteiger partial charge on any atom is 0.410 e. The molecular weight excluding hydrogens is 288 g/mol. The molecule has 2 rings (SSSR count). The lowest BCUT2D eigenvalue weighted by atomic mass is 10.1. The highest BCUT2D eigenvalue weighted by Crippen LogP contribution is 2.19. The quantitative estimate of drug-likeness (QED) is 0.934. The van der Waals surface area contributed by atoms with E-state index >= 15 is 0 Å². The van der Waals surface area contributed by atoms with E-state index in [9.17, 15) is 9.59 Å². The van der Waals surface area contributed by atoms with E-state index in [0.717, 1.165) is 11.3 Å². The maximum absolute atomic E-state index is 11.9. The van der Waals surface area contributed by atoms with Crippen LogP contribution in [0.3, 0.4) is 0 Å². The predicted octanol–water partition coefficient (Wildman–Crippen LogP) is 2.73. The summed E-state index contributed by atoms with van der Waals surface area (Å²) in [4.78, 5) is 26.2. The van der Waals surface area contributed by atoms with E-state index in [2.05, 4.69) is 5.32 Å². The summed E-state index contributed by atoms with van der Waals surface area (Å²) < 4.78 is 5.36. The fourth-order valence-electron chi connectivity index (χ4n) is 2.22. The molecule has 1 unspecified atom stereocenters. The number of likely N-dealkylation sites (tertiary alicyclic amines) is 1. The summed E-state index contributed by atoms with van der Waals surface area (Å²) in [5.74, 6) is 0.252. The van der Waals surface area contributed by atoms with Crippen LogP contribution in [-0.4, -0.2) is 42.1 Å². The van der Waals surface area contributed by atoms with E-state index in [4.69, 9.17) is 4.74 Å². The van der Waals surface area contributed by atoms with Crippen LogP contribution in [0.2, 0.25) is 0 Å². The zero-order chi connectivity index (χ0) is 15.5. The number of hydrogen-bond donors (Lipinski definition) is 1. The molecule has 2 heterocycles. The van der Waals surface area contributed by atoms with Gasteiger partial charge in [0.05, 0.1) is 4.88 Å². The van der Waals surface area contributed by atoms with Crippen molar-refractivity contribution in [3.63, 3.8) is 0 Å². The molecule has 0 spiro atoms. The molecular formula is C15H22N2O3S. The Bertz CT molecular complexity index is 494. The normalized spacial score (nSPS) is 18.6. The number of thiophene rings is 1. The van der Waals surface area contributed by atoms with Crippen LogP contribution in [0, 0.1) is 5.92 Å². The fourth-order valence-corrected chi connectivity index (χ4v) is 2.86. The SMILES string of the molecule is CC(C)(C)OC(=O)N1CCC(CNC(=O)c2cccs2)C1. The molecule has 116 valence electrons. The summed E-state index contributed by atoms with van der Waals surface area (Å²) in [7, 11) is 0. The number of nitrogens with one attached hydrogen (secondary N) is 1. The minimum absolute atomic E-state index is 0.0410. The lowest BCUT2D eigenvalue weighted by molar-refractivity contribution is 0.0288. The lowest BCUT2D eigenvalue weighted by Crippen LogP contribution is -2.36. The summed E-state index contributed by atoms with van der Waals surface area (Å²) in [6.07, 6.45) is 0.624. The molecule has 1 fully saturated rings. The second kappa shape index (κ2) is 6.47. The van der Waals surface area contributed by atoms with Crippen molar-refractivity contribution in [1.82, 2.24) is 10.2 Å². The Morgan fingerprint density at radius 2 is 2.24 bits per heavy atom. The maximum atomic E-state index is 11.9. The zero-order valence-electron chi connectivity index (χ0n) is 12.7. The molecule has 0 saturated carbocycles.